The van der Waals surface area contributed by atoms with Crippen molar-refractivity contribution in [2.45, 2.75) is 30.6 Å². The lowest BCUT2D eigenvalue weighted by Crippen LogP contribution is -2.57. The van der Waals surface area contributed by atoms with Gasteiger partial charge in [-0.3, -0.25) is 0 Å². The van der Waals surface area contributed by atoms with Gasteiger partial charge in [-0.2, -0.15) is 0 Å². The first-order valence-electron chi connectivity index (χ1n) is 3.96. The fraction of sp³-hybridized carbons (Fsp3) is 1.00. The number of hydrogen-bond donors (Lipinski definition) is 4. The first kappa shape index (κ1) is 11.2. The summed E-state index contributed by atoms with van der Waals surface area (Å²) in [6.07, 6.45) is -6.76. The summed E-state index contributed by atoms with van der Waals surface area (Å²) in [5.41, 5.74) is 8.11. The van der Waals surface area contributed by atoms with Crippen molar-refractivity contribution in [3.8, 4) is 0 Å². The number of rotatable bonds is 2. The van der Waals surface area contributed by atoms with Gasteiger partial charge in [0.25, 0.3) is 0 Å². The number of ether oxygens (including phenoxy) is 1. The number of azide groups is 1. The van der Waals surface area contributed by atoms with E-state index in [0.717, 1.165) is 0 Å². The van der Waals surface area contributed by atoms with Crippen molar-refractivity contribution < 1.29 is 25.2 Å². The van der Waals surface area contributed by atoms with Crippen LogP contribution in [0.5, 0.6) is 0 Å². The van der Waals surface area contributed by atoms with Crippen molar-refractivity contribution in [2.75, 3.05) is 6.61 Å². The van der Waals surface area contributed by atoms with Crippen LogP contribution in [0.25, 0.3) is 10.4 Å². The third kappa shape index (κ3) is 1.95. The number of nitrogens with zero attached hydrogens (tertiary/aromatic N) is 3. The molecule has 4 N–H and O–H groups in total. The lowest BCUT2D eigenvalue weighted by Gasteiger charge is -2.37. The Kier molecular flexibility index (Phi) is 3.64. The normalized spacial score (nSPS) is 43.0. The second-order valence-corrected chi connectivity index (χ2v) is 2.92. The summed E-state index contributed by atoms with van der Waals surface area (Å²) in [4.78, 5) is 2.40. The average Bonchev–Trinajstić information content (AvgIpc) is 2.19. The predicted octanol–water partition coefficient (Wildman–Crippen LogP) is -1.90. The van der Waals surface area contributed by atoms with Gasteiger partial charge < -0.3 is 25.2 Å². The Morgan fingerprint density at radius 1 is 1.21 bits per heavy atom. The monoisotopic (exact) mass is 205 g/mol. The number of hydrogen-bond acceptors (Lipinski definition) is 6. The van der Waals surface area contributed by atoms with Crippen LogP contribution >= 0.6 is 0 Å². The van der Waals surface area contributed by atoms with Crippen LogP contribution in [0.15, 0.2) is 5.11 Å². The van der Waals surface area contributed by atoms with E-state index < -0.39 is 37.3 Å². The molecule has 8 nitrogen and oxygen atoms in total. The van der Waals surface area contributed by atoms with Crippen molar-refractivity contribution in [3.63, 3.8) is 0 Å². The van der Waals surface area contributed by atoms with Crippen LogP contribution < -0.4 is 0 Å². The molecule has 0 saturated carbocycles. The topological polar surface area (TPSA) is 139 Å². The van der Waals surface area contributed by atoms with Crippen molar-refractivity contribution in [1.29, 1.82) is 0 Å². The Hall–Kier alpha value is -0.890. The molecular formula is C6H11N3O5. The first-order chi connectivity index (χ1) is 6.61. The Bertz CT molecular complexity index is 242. The maximum absolute atomic E-state index is 9.27. The fourth-order valence-corrected chi connectivity index (χ4v) is 1.23. The van der Waals surface area contributed by atoms with E-state index in [0.29, 0.717) is 0 Å². The quantitative estimate of drug-likeness (QED) is 0.237. The van der Waals surface area contributed by atoms with E-state index in [2.05, 4.69) is 10.0 Å². The molecule has 0 aliphatic carbocycles. The van der Waals surface area contributed by atoms with Crippen LogP contribution in [0.1, 0.15) is 0 Å². The van der Waals surface area contributed by atoms with E-state index in [1.165, 1.54) is 0 Å². The highest BCUT2D eigenvalue weighted by molar-refractivity contribution is 4.90. The molecular weight excluding hydrogens is 194 g/mol. The summed E-state index contributed by atoms with van der Waals surface area (Å²) >= 11 is 0. The minimum absolute atomic E-state index is 0.539. The fourth-order valence-electron chi connectivity index (χ4n) is 1.23. The Labute approximate surface area is 79.0 Å². The first-order valence-corrected chi connectivity index (χ1v) is 3.96. The van der Waals surface area contributed by atoms with E-state index in [1.54, 1.807) is 0 Å². The highest BCUT2D eigenvalue weighted by atomic mass is 16.6. The van der Waals surface area contributed by atoms with E-state index in [4.69, 9.17) is 15.4 Å². The standard InChI is InChI=1S/C6H11N3O5/c7-9-8-6-5(13)4(12)3(11)2(1-10)14-6/h2-6,10-13H,1H2/t2?,3-,4+,5?,6-/m1/s1. The van der Waals surface area contributed by atoms with Gasteiger partial charge in [0, 0.05) is 4.91 Å². The highest BCUT2D eigenvalue weighted by Crippen LogP contribution is 2.21. The second-order valence-electron chi connectivity index (χ2n) is 2.92. The van der Waals surface area contributed by atoms with Crippen LogP contribution in [0.4, 0.5) is 0 Å². The molecule has 1 fully saturated rings. The van der Waals surface area contributed by atoms with Gasteiger partial charge >= 0.3 is 0 Å². The zero-order chi connectivity index (χ0) is 10.7. The molecule has 1 heterocycles. The van der Waals surface area contributed by atoms with Crippen LogP contribution in [-0.4, -0.2) is 57.7 Å². The molecule has 0 aromatic heterocycles. The molecule has 5 atom stereocenters. The number of aliphatic hydroxyl groups excluding tert-OH is 4. The molecule has 0 spiro atoms. The zero-order valence-corrected chi connectivity index (χ0v) is 7.13. The largest absolute Gasteiger partial charge is 0.394 e. The van der Waals surface area contributed by atoms with Gasteiger partial charge in [-0.15, -0.1) is 0 Å². The molecule has 1 aliphatic rings. The molecule has 2 unspecified atom stereocenters. The Balaban J connectivity index is 2.77. The van der Waals surface area contributed by atoms with E-state index >= 15 is 0 Å². The molecule has 8 heteroatoms. The maximum atomic E-state index is 9.27. The molecule has 0 aromatic carbocycles. The highest BCUT2D eigenvalue weighted by Gasteiger charge is 2.42. The van der Waals surface area contributed by atoms with E-state index in [1.807, 2.05) is 0 Å². The van der Waals surface area contributed by atoms with Gasteiger partial charge in [0.15, 0.2) is 6.23 Å². The van der Waals surface area contributed by atoms with Gasteiger partial charge in [0.2, 0.25) is 0 Å². The minimum atomic E-state index is -1.50. The van der Waals surface area contributed by atoms with Gasteiger partial charge in [0.1, 0.15) is 24.4 Å². The molecule has 0 amide bonds. The molecule has 0 radical (unpaired) electrons. The van der Waals surface area contributed by atoms with Crippen molar-refractivity contribution in [3.05, 3.63) is 10.4 Å². The van der Waals surface area contributed by atoms with Crippen molar-refractivity contribution in [2.24, 2.45) is 5.11 Å². The molecule has 1 aliphatic heterocycles. The van der Waals surface area contributed by atoms with Crippen molar-refractivity contribution in [1.82, 2.24) is 0 Å². The zero-order valence-electron chi connectivity index (χ0n) is 7.13. The summed E-state index contributed by atoms with van der Waals surface area (Å²) in [6, 6.07) is 0. The van der Waals surface area contributed by atoms with Gasteiger partial charge in [-0.1, -0.05) is 5.11 Å². The van der Waals surface area contributed by atoms with Gasteiger partial charge in [-0.25, -0.2) is 0 Å². The summed E-state index contributed by atoms with van der Waals surface area (Å²) in [5, 5.41) is 39.6. The SMILES string of the molecule is [N-]=[N+]=N[C@@H]1OC(CO)[C@@H](O)[C@H](O)C1O. The Morgan fingerprint density at radius 2 is 1.86 bits per heavy atom. The summed E-state index contributed by atoms with van der Waals surface area (Å²) < 4.78 is 4.84. The van der Waals surface area contributed by atoms with Crippen LogP contribution in [0.3, 0.4) is 0 Å². The molecule has 0 bridgehead atoms. The molecule has 14 heavy (non-hydrogen) atoms. The van der Waals surface area contributed by atoms with Gasteiger partial charge in [0.05, 0.1) is 6.61 Å². The molecule has 0 aromatic rings. The third-order valence-electron chi connectivity index (χ3n) is 2.03. The summed E-state index contributed by atoms with van der Waals surface area (Å²) in [6.45, 7) is -0.539. The predicted molar refractivity (Wildman–Crippen MR) is 42.9 cm³/mol. The molecule has 80 valence electrons. The van der Waals surface area contributed by atoms with Crippen LogP contribution in [0, 0.1) is 0 Å². The Morgan fingerprint density at radius 3 is 2.36 bits per heavy atom. The summed E-state index contributed by atoms with van der Waals surface area (Å²) in [7, 11) is 0. The third-order valence-corrected chi connectivity index (χ3v) is 2.03. The van der Waals surface area contributed by atoms with Gasteiger partial charge in [-0.05, 0) is 5.53 Å². The number of aliphatic hydroxyl groups is 4. The molecule has 1 saturated heterocycles. The molecule has 1 rings (SSSR count). The van der Waals surface area contributed by atoms with Crippen LogP contribution in [-0.2, 0) is 4.74 Å². The maximum Gasteiger partial charge on any atom is 0.165 e. The average molecular weight is 205 g/mol. The lowest BCUT2D eigenvalue weighted by molar-refractivity contribution is -0.227. The van der Waals surface area contributed by atoms with Crippen LogP contribution in [0.2, 0.25) is 0 Å². The minimum Gasteiger partial charge on any atom is -0.394 e. The smallest absolute Gasteiger partial charge is 0.165 e. The van der Waals surface area contributed by atoms with E-state index in [9.17, 15) is 15.3 Å². The van der Waals surface area contributed by atoms with Crippen molar-refractivity contribution >= 4 is 0 Å². The van der Waals surface area contributed by atoms with E-state index in [-0.39, 0.29) is 0 Å². The summed E-state index contributed by atoms with van der Waals surface area (Å²) in [5.74, 6) is 0. The second kappa shape index (κ2) is 4.56. The lowest BCUT2D eigenvalue weighted by atomic mass is 9.99.